The number of sulfonamides is 1. The van der Waals surface area contributed by atoms with Gasteiger partial charge in [-0.25, -0.2) is 19.7 Å². The molecule has 0 radical (unpaired) electrons. The monoisotopic (exact) mass is 544 g/mol. The number of nitrogens with one attached hydrogen (secondary N) is 2. The molecule has 0 fully saturated rings. The molecule has 39 heavy (non-hydrogen) atoms. The number of nitrogen functional groups attached to an aromatic ring is 1. The summed E-state index contributed by atoms with van der Waals surface area (Å²) >= 11 is 0. The second-order valence-corrected chi connectivity index (χ2v) is 11.0. The molecule has 1 aromatic carbocycles. The van der Waals surface area contributed by atoms with Gasteiger partial charge in [0.25, 0.3) is 15.9 Å². The first-order valence-electron chi connectivity index (χ1n) is 12.5. The number of anilines is 2. The Morgan fingerprint density at radius 1 is 1.03 bits per heavy atom. The highest BCUT2D eigenvalue weighted by molar-refractivity contribution is 7.90. The number of amides is 1. The Morgan fingerprint density at radius 3 is 2.59 bits per heavy atom. The Kier molecular flexibility index (Phi) is 7.16. The van der Waals surface area contributed by atoms with Crippen molar-refractivity contribution in [1.29, 1.82) is 0 Å². The van der Waals surface area contributed by atoms with Crippen LogP contribution in [0.3, 0.4) is 0 Å². The van der Waals surface area contributed by atoms with E-state index >= 15 is 0 Å². The van der Waals surface area contributed by atoms with Crippen LogP contribution in [0.2, 0.25) is 0 Å². The number of carbonyl (C=O) groups is 1. The summed E-state index contributed by atoms with van der Waals surface area (Å²) in [6, 6.07) is 18.9. The number of aromatic nitrogens is 3. The van der Waals surface area contributed by atoms with Crippen LogP contribution >= 0.6 is 0 Å². The maximum atomic E-state index is 13.3. The highest BCUT2D eigenvalue weighted by atomic mass is 32.2. The first-order chi connectivity index (χ1) is 18.7. The number of ether oxygens (including phenoxy) is 1. The molecule has 0 aliphatic heterocycles. The van der Waals surface area contributed by atoms with Gasteiger partial charge in [-0.2, -0.15) is 8.42 Å². The number of benzene rings is 1. The number of nitrogens with zero attached hydrogens (tertiary/aromatic N) is 3. The van der Waals surface area contributed by atoms with Crippen LogP contribution in [-0.2, 0) is 16.4 Å². The zero-order valence-electron chi connectivity index (χ0n) is 21.5. The number of carbonyl (C=O) groups excluding carboxylic acids is 1. The molecule has 3 heterocycles. The summed E-state index contributed by atoms with van der Waals surface area (Å²) in [5, 5.41) is 3.03. The summed E-state index contributed by atoms with van der Waals surface area (Å²) in [4.78, 5) is 26.2. The van der Waals surface area contributed by atoms with Crippen LogP contribution in [0.15, 0.2) is 78.0 Å². The Bertz CT molecular complexity index is 1620. The molecule has 1 atom stereocenters. The molecule has 1 aliphatic rings. The van der Waals surface area contributed by atoms with Crippen LogP contribution in [-0.4, -0.2) is 35.4 Å². The molecular weight excluding hydrogens is 516 g/mol. The zero-order valence-corrected chi connectivity index (χ0v) is 22.3. The minimum Gasteiger partial charge on any atom is -0.475 e. The van der Waals surface area contributed by atoms with Crippen LogP contribution in [0.5, 0.6) is 5.88 Å². The van der Waals surface area contributed by atoms with Crippen molar-refractivity contribution in [2.75, 3.05) is 11.1 Å². The van der Waals surface area contributed by atoms with E-state index in [1.807, 2.05) is 38.1 Å². The molecule has 10 nitrogen and oxygen atoms in total. The number of pyridine rings is 3. The van der Waals surface area contributed by atoms with Gasteiger partial charge in [0, 0.05) is 17.8 Å². The SMILES string of the molecule is CC(C)Oc1ccc(-c2ccc(C(=O)NS(=O)(=O)c3cccc(N)n3)c(NC3CCc4ccccc43)n2)cn1. The summed E-state index contributed by atoms with van der Waals surface area (Å²) in [5.41, 5.74) is 9.31. The quantitative estimate of drug-likeness (QED) is 0.298. The maximum Gasteiger partial charge on any atom is 0.281 e. The number of hydrogen-bond donors (Lipinski definition) is 3. The van der Waals surface area contributed by atoms with Gasteiger partial charge in [-0.05, 0) is 68.1 Å². The van der Waals surface area contributed by atoms with E-state index in [-0.39, 0.29) is 34.4 Å². The van der Waals surface area contributed by atoms with Gasteiger partial charge in [-0.1, -0.05) is 30.3 Å². The first kappa shape index (κ1) is 26.1. The zero-order chi connectivity index (χ0) is 27.6. The van der Waals surface area contributed by atoms with E-state index in [1.165, 1.54) is 23.8 Å². The normalized spacial score (nSPS) is 14.6. The van der Waals surface area contributed by atoms with Crippen molar-refractivity contribution in [2.24, 2.45) is 0 Å². The molecule has 0 saturated carbocycles. The number of hydrogen-bond acceptors (Lipinski definition) is 9. The van der Waals surface area contributed by atoms with Crippen LogP contribution in [0.1, 0.15) is 47.8 Å². The van der Waals surface area contributed by atoms with Crippen molar-refractivity contribution in [3.63, 3.8) is 0 Å². The van der Waals surface area contributed by atoms with Crippen LogP contribution in [0.4, 0.5) is 11.6 Å². The fraction of sp³-hybridized carbons (Fsp3) is 0.214. The van der Waals surface area contributed by atoms with E-state index in [4.69, 9.17) is 15.5 Å². The Morgan fingerprint density at radius 2 is 1.85 bits per heavy atom. The first-order valence-corrected chi connectivity index (χ1v) is 14.0. The fourth-order valence-electron chi connectivity index (χ4n) is 4.44. The van der Waals surface area contributed by atoms with Gasteiger partial charge < -0.3 is 15.8 Å². The lowest BCUT2D eigenvalue weighted by molar-refractivity contribution is 0.0981. The van der Waals surface area contributed by atoms with Crippen LogP contribution in [0.25, 0.3) is 11.3 Å². The minimum atomic E-state index is -4.27. The number of aryl methyl sites for hydroxylation is 1. The standard InChI is InChI=1S/C28H28N6O4S/c1-17(2)38-25-15-11-19(16-30-25)22-14-12-21(28(35)34-39(36,37)26-9-5-8-24(29)33-26)27(31-22)32-23-13-10-18-6-3-4-7-20(18)23/h3-9,11-12,14-17,23H,10,13H2,1-2H3,(H2,29,33)(H,31,32)(H,34,35). The molecule has 0 spiro atoms. The van der Waals surface area contributed by atoms with Gasteiger partial charge in [0.2, 0.25) is 5.88 Å². The molecule has 0 saturated heterocycles. The molecule has 1 unspecified atom stereocenters. The van der Waals surface area contributed by atoms with Gasteiger partial charge >= 0.3 is 0 Å². The molecule has 4 N–H and O–H groups in total. The third-order valence-corrected chi connectivity index (χ3v) is 7.45. The smallest absolute Gasteiger partial charge is 0.281 e. The molecule has 200 valence electrons. The second-order valence-electron chi connectivity index (χ2n) is 9.41. The van der Waals surface area contributed by atoms with E-state index in [0.29, 0.717) is 17.1 Å². The van der Waals surface area contributed by atoms with Crippen LogP contribution < -0.4 is 20.5 Å². The summed E-state index contributed by atoms with van der Waals surface area (Å²) < 4.78 is 33.5. The maximum absolute atomic E-state index is 13.3. The average molecular weight is 545 g/mol. The summed E-state index contributed by atoms with van der Waals surface area (Å²) in [7, 11) is -4.27. The molecule has 5 rings (SSSR count). The second kappa shape index (κ2) is 10.7. The summed E-state index contributed by atoms with van der Waals surface area (Å²) in [6.45, 7) is 3.84. The van der Waals surface area contributed by atoms with Gasteiger partial charge in [0.1, 0.15) is 11.6 Å². The molecule has 4 aromatic rings. The van der Waals surface area contributed by atoms with E-state index in [2.05, 4.69) is 26.1 Å². The summed E-state index contributed by atoms with van der Waals surface area (Å²) in [5.74, 6) is -0.0705. The van der Waals surface area contributed by atoms with Gasteiger partial charge in [-0.15, -0.1) is 0 Å². The molecule has 1 aliphatic carbocycles. The third kappa shape index (κ3) is 5.83. The van der Waals surface area contributed by atoms with Crippen molar-refractivity contribution in [1.82, 2.24) is 19.7 Å². The van der Waals surface area contributed by atoms with Gasteiger partial charge in [-0.3, -0.25) is 4.79 Å². The Labute approximate surface area is 226 Å². The molecule has 11 heteroatoms. The number of nitrogens with two attached hydrogens (primary N) is 1. The lowest BCUT2D eigenvalue weighted by Gasteiger charge is -2.18. The van der Waals surface area contributed by atoms with Gasteiger partial charge in [0.15, 0.2) is 5.03 Å². The summed E-state index contributed by atoms with van der Waals surface area (Å²) in [6.07, 6.45) is 3.32. The van der Waals surface area contributed by atoms with Crippen molar-refractivity contribution in [3.8, 4) is 17.1 Å². The Balaban J connectivity index is 1.49. The van der Waals surface area contributed by atoms with Crippen molar-refractivity contribution in [2.45, 2.75) is 43.9 Å². The number of rotatable bonds is 8. The fourth-order valence-corrected chi connectivity index (χ4v) is 5.38. The van der Waals surface area contributed by atoms with Crippen molar-refractivity contribution >= 4 is 27.6 Å². The number of fused-ring (bicyclic) bond motifs is 1. The highest BCUT2D eigenvalue weighted by Gasteiger charge is 2.27. The largest absolute Gasteiger partial charge is 0.475 e. The Hall–Kier alpha value is -4.51. The van der Waals surface area contributed by atoms with E-state index < -0.39 is 15.9 Å². The molecule has 1 amide bonds. The minimum absolute atomic E-state index is 0.0110. The predicted octanol–water partition coefficient (Wildman–Crippen LogP) is 4.13. The molecular formula is C28H28N6O4S. The molecule has 0 bridgehead atoms. The molecule has 3 aromatic heterocycles. The highest BCUT2D eigenvalue weighted by Crippen LogP contribution is 2.35. The van der Waals surface area contributed by atoms with E-state index in [9.17, 15) is 13.2 Å². The topological polar surface area (TPSA) is 149 Å². The average Bonchev–Trinajstić information content (AvgIpc) is 3.31. The van der Waals surface area contributed by atoms with E-state index in [1.54, 1.807) is 24.4 Å². The lowest BCUT2D eigenvalue weighted by Crippen LogP contribution is -2.32. The van der Waals surface area contributed by atoms with Crippen molar-refractivity contribution < 1.29 is 17.9 Å². The van der Waals surface area contributed by atoms with Gasteiger partial charge in [0.05, 0.1) is 23.4 Å². The van der Waals surface area contributed by atoms with Crippen LogP contribution in [0, 0.1) is 0 Å². The van der Waals surface area contributed by atoms with Crippen molar-refractivity contribution in [3.05, 3.63) is 89.6 Å². The predicted molar refractivity (Wildman–Crippen MR) is 148 cm³/mol. The van der Waals surface area contributed by atoms with E-state index in [0.717, 1.165) is 18.4 Å². The lowest BCUT2D eigenvalue weighted by atomic mass is 10.1. The third-order valence-electron chi connectivity index (χ3n) is 6.22.